The van der Waals surface area contributed by atoms with Crippen LogP contribution in [0.4, 0.5) is 11.4 Å². The smallest absolute Gasteiger partial charge is 0.238 e. The number of amides is 2. The van der Waals surface area contributed by atoms with E-state index in [-0.39, 0.29) is 11.8 Å². The summed E-state index contributed by atoms with van der Waals surface area (Å²) in [7, 11) is 7.42. The molecule has 5 rings (SSSR count). The maximum atomic E-state index is 12.1. The topological polar surface area (TPSA) is 122 Å². The first-order valence-corrected chi connectivity index (χ1v) is 12.2. The highest BCUT2D eigenvalue weighted by Crippen LogP contribution is 2.27. The van der Waals surface area contributed by atoms with Gasteiger partial charge in [-0.1, -0.05) is 24.3 Å². The summed E-state index contributed by atoms with van der Waals surface area (Å²) in [6, 6.07) is 19.2. The van der Waals surface area contributed by atoms with E-state index in [0.29, 0.717) is 13.1 Å². The maximum absolute atomic E-state index is 12.1. The normalized spacial score (nSPS) is 11.5. The highest BCUT2D eigenvalue weighted by molar-refractivity contribution is 5.95. The van der Waals surface area contributed by atoms with Crippen molar-refractivity contribution in [2.45, 2.75) is 0 Å². The van der Waals surface area contributed by atoms with Crippen molar-refractivity contribution in [3.63, 3.8) is 0 Å². The van der Waals surface area contributed by atoms with Gasteiger partial charge in [0.05, 0.1) is 35.2 Å². The van der Waals surface area contributed by atoms with Gasteiger partial charge in [-0.05, 0) is 64.6 Å². The van der Waals surface area contributed by atoms with Gasteiger partial charge in [0.25, 0.3) is 0 Å². The van der Waals surface area contributed by atoms with Crippen LogP contribution in [-0.2, 0) is 9.59 Å². The Labute approximate surface area is 220 Å². The number of anilines is 2. The van der Waals surface area contributed by atoms with Gasteiger partial charge in [0.1, 0.15) is 11.6 Å². The van der Waals surface area contributed by atoms with Crippen LogP contribution in [0.3, 0.4) is 0 Å². The fourth-order valence-corrected chi connectivity index (χ4v) is 4.21. The van der Waals surface area contributed by atoms with Crippen LogP contribution in [0.5, 0.6) is 0 Å². The van der Waals surface area contributed by atoms with Crippen LogP contribution in [0.25, 0.3) is 44.8 Å². The molecular weight excluding hydrogens is 480 g/mol. The Morgan fingerprint density at radius 1 is 0.658 bits per heavy atom. The molecule has 0 atom stereocenters. The van der Waals surface area contributed by atoms with Crippen LogP contribution in [-0.4, -0.2) is 82.8 Å². The summed E-state index contributed by atoms with van der Waals surface area (Å²) in [5, 5.41) is 5.82. The van der Waals surface area contributed by atoms with Crippen LogP contribution in [0.2, 0.25) is 0 Å². The van der Waals surface area contributed by atoms with E-state index in [1.807, 2.05) is 98.7 Å². The van der Waals surface area contributed by atoms with Crippen molar-refractivity contribution in [1.82, 2.24) is 29.7 Å². The van der Waals surface area contributed by atoms with Gasteiger partial charge < -0.3 is 30.4 Å². The molecule has 2 aromatic heterocycles. The van der Waals surface area contributed by atoms with Crippen molar-refractivity contribution in [3.05, 3.63) is 60.7 Å². The third-order valence-corrected chi connectivity index (χ3v) is 5.88. The zero-order valence-corrected chi connectivity index (χ0v) is 21.8. The van der Waals surface area contributed by atoms with Crippen molar-refractivity contribution in [1.29, 1.82) is 0 Å². The van der Waals surface area contributed by atoms with Crippen molar-refractivity contribution in [2.24, 2.45) is 0 Å². The van der Waals surface area contributed by atoms with E-state index in [0.717, 1.165) is 56.2 Å². The second kappa shape index (κ2) is 10.4. The highest BCUT2D eigenvalue weighted by atomic mass is 16.2. The van der Waals surface area contributed by atoms with Crippen LogP contribution in [0.15, 0.2) is 60.7 Å². The fourth-order valence-electron chi connectivity index (χ4n) is 4.21. The molecule has 4 N–H and O–H groups in total. The molecule has 0 unspecified atom stereocenters. The third-order valence-electron chi connectivity index (χ3n) is 5.88. The summed E-state index contributed by atoms with van der Waals surface area (Å²) in [6.07, 6.45) is 0. The number of hydrogen-bond donors (Lipinski definition) is 4. The lowest BCUT2D eigenvalue weighted by molar-refractivity contribution is -0.117. The zero-order chi connectivity index (χ0) is 26.8. The van der Waals surface area contributed by atoms with Crippen molar-refractivity contribution >= 4 is 45.3 Å². The summed E-state index contributed by atoms with van der Waals surface area (Å²) in [6.45, 7) is 0.636. The molecule has 38 heavy (non-hydrogen) atoms. The minimum absolute atomic E-state index is 0.0689. The summed E-state index contributed by atoms with van der Waals surface area (Å²) in [5.74, 6) is 1.35. The summed E-state index contributed by atoms with van der Waals surface area (Å²) >= 11 is 0. The van der Waals surface area contributed by atoms with Gasteiger partial charge in [-0.15, -0.1) is 0 Å². The minimum Gasteiger partial charge on any atom is -0.338 e. The number of benzene rings is 3. The van der Waals surface area contributed by atoms with Gasteiger partial charge in [0, 0.05) is 22.5 Å². The van der Waals surface area contributed by atoms with Gasteiger partial charge in [-0.25, -0.2) is 9.97 Å². The lowest BCUT2D eigenvalue weighted by Gasteiger charge is -2.09. The molecule has 10 heteroatoms. The van der Waals surface area contributed by atoms with Gasteiger partial charge in [-0.3, -0.25) is 9.59 Å². The monoisotopic (exact) mass is 510 g/mol. The summed E-state index contributed by atoms with van der Waals surface area (Å²) in [4.78, 5) is 43.9. The number of carbonyl (C=O) groups excluding carboxylic acids is 2. The zero-order valence-electron chi connectivity index (χ0n) is 21.8. The van der Waals surface area contributed by atoms with Gasteiger partial charge >= 0.3 is 0 Å². The van der Waals surface area contributed by atoms with Gasteiger partial charge in [0.15, 0.2) is 0 Å². The number of aromatic nitrogens is 4. The molecule has 0 saturated carbocycles. The molecule has 0 spiro atoms. The first-order valence-electron chi connectivity index (χ1n) is 12.2. The Kier molecular flexibility index (Phi) is 6.91. The Morgan fingerprint density at radius 3 is 1.42 bits per heavy atom. The second-order valence-corrected chi connectivity index (χ2v) is 9.78. The fraction of sp³-hybridized carbons (Fsp3) is 0.214. The molecule has 5 aromatic rings. The van der Waals surface area contributed by atoms with Crippen molar-refractivity contribution in [2.75, 3.05) is 51.9 Å². The predicted octanol–water partition coefficient (Wildman–Crippen LogP) is 3.77. The largest absolute Gasteiger partial charge is 0.338 e. The standard InChI is InChI=1S/C28H30N8O2/c1-35(2)15-25(37)29-19-9-11-21-23(13-19)33-27(31-21)17-5-7-18(8-6-17)28-32-22-12-10-20(14-24(22)34-28)30-26(38)16-36(3)4/h5-14H,15-16H2,1-4H3,(H,29,37)(H,30,38)(H,31,33)(H,32,34). The molecule has 0 aliphatic rings. The van der Waals surface area contributed by atoms with Crippen LogP contribution >= 0.6 is 0 Å². The molecule has 0 bridgehead atoms. The van der Waals surface area contributed by atoms with E-state index in [2.05, 4.69) is 20.6 Å². The first-order chi connectivity index (χ1) is 18.2. The number of aromatic amines is 2. The first kappa shape index (κ1) is 25.1. The molecule has 3 aromatic carbocycles. The highest BCUT2D eigenvalue weighted by Gasteiger charge is 2.11. The number of imidazole rings is 2. The molecule has 2 amide bonds. The number of nitrogens with one attached hydrogen (secondary N) is 4. The predicted molar refractivity (Wildman–Crippen MR) is 151 cm³/mol. The number of likely N-dealkylation sites (N-methyl/N-ethyl adjacent to an activating group) is 2. The van der Waals surface area contributed by atoms with Gasteiger partial charge in [-0.2, -0.15) is 0 Å². The Balaban J connectivity index is 1.32. The molecule has 10 nitrogen and oxygen atoms in total. The quantitative estimate of drug-likeness (QED) is 0.252. The molecular formula is C28H30N8O2. The average molecular weight is 511 g/mol. The lowest BCUT2D eigenvalue weighted by Crippen LogP contribution is -2.27. The Hall–Kier alpha value is -4.54. The van der Waals surface area contributed by atoms with Crippen LogP contribution < -0.4 is 10.6 Å². The van der Waals surface area contributed by atoms with E-state index in [9.17, 15) is 9.59 Å². The number of carbonyl (C=O) groups is 2. The van der Waals surface area contributed by atoms with E-state index < -0.39 is 0 Å². The summed E-state index contributed by atoms with van der Waals surface area (Å²) in [5.41, 5.74) is 6.64. The number of H-pyrrole nitrogens is 2. The molecule has 0 saturated heterocycles. The number of fused-ring (bicyclic) bond motifs is 2. The maximum Gasteiger partial charge on any atom is 0.238 e. The van der Waals surface area contributed by atoms with E-state index in [1.54, 1.807) is 0 Å². The van der Waals surface area contributed by atoms with Crippen molar-refractivity contribution in [3.8, 4) is 22.8 Å². The summed E-state index contributed by atoms with van der Waals surface area (Å²) < 4.78 is 0. The number of nitrogens with zero attached hydrogens (tertiary/aromatic N) is 4. The molecule has 2 heterocycles. The van der Waals surface area contributed by atoms with Crippen LogP contribution in [0, 0.1) is 0 Å². The van der Waals surface area contributed by atoms with Crippen molar-refractivity contribution < 1.29 is 9.59 Å². The van der Waals surface area contributed by atoms with E-state index in [1.165, 1.54) is 0 Å². The number of hydrogen-bond acceptors (Lipinski definition) is 6. The Morgan fingerprint density at radius 2 is 1.05 bits per heavy atom. The lowest BCUT2D eigenvalue weighted by atomic mass is 10.1. The molecule has 194 valence electrons. The average Bonchev–Trinajstić information content (AvgIpc) is 3.46. The van der Waals surface area contributed by atoms with E-state index in [4.69, 9.17) is 9.97 Å². The molecule has 0 radical (unpaired) electrons. The Bertz CT molecular complexity index is 1490. The molecule has 0 aliphatic heterocycles. The minimum atomic E-state index is -0.0689. The molecule has 0 aliphatic carbocycles. The third kappa shape index (κ3) is 5.72. The van der Waals surface area contributed by atoms with Crippen LogP contribution in [0.1, 0.15) is 0 Å². The SMILES string of the molecule is CN(C)CC(=O)Nc1ccc2nc(-c3ccc(-c4nc5ccc(NC(=O)CN(C)C)cc5[nH]4)cc3)[nH]c2c1. The molecule has 0 fully saturated rings. The number of rotatable bonds is 8. The van der Waals surface area contributed by atoms with Gasteiger partial charge in [0.2, 0.25) is 11.8 Å². The second-order valence-electron chi connectivity index (χ2n) is 9.78. The van der Waals surface area contributed by atoms with E-state index >= 15 is 0 Å².